The van der Waals surface area contributed by atoms with Crippen LogP contribution >= 0.6 is 23.1 Å². The summed E-state index contributed by atoms with van der Waals surface area (Å²) in [5, 5.41) is 22.0. The van der Waals surface area contributed by atoms with E-state index in [-0.39, 0.29) is 17.5 Å². The van der Waals surface area contributed by atoms with Gasteiger partial charge in [0.05, 0.1) is 4.92 Å². The number of anilines is 1. The Labute approximate surface area is 140 Å². The fourth-order valence-corrected chi connectivity index (χ4v) is 3.80. The van der Waals surface area contributed by atoms with E-state index in [4.69, 9.17) is 0 Å². The molecule has 0 spiro atoms. The normalized spacial score (nSPS) is 14.3. The van der Waals surface area contributed by atoms with Crippen LogP contribution in [0.15, 0.2) is 28.6 Å². The molecule has 0 radical (unpaired) electrons. The number of amides is 1. The van der Waals surface area contributed by atoms with Gasteiger partial charge in [-0.05, 0) is 18.4 Å². The number of nitro benzene ring substituents is 1. The van der Waals surface area contributed by atoms with Crippen LogP contribution in [-0.2, 0) is 10.5 Å². The summed E-state index contributed by atoms with van der Waals surface area (Å²) in [7, 11) is 0. The maximum absolute atomic E-state index is 11.8. The quantitative estimate of drug-likeness (QED) is 0.371. The third kappa shape index (κ3) is 4.05. The van der Waals surface area contributed by atoms with Gasteiger partial charge in [-0.25, -0.2) is 0 Å². The molecular formula is C14H14N4O3S2. The number of thioether (sulfide) groups is 1. The molecule has 7 nitrogen and oxygen atoms in total. The molecule has 0 atom stereocenters. The lowest BCUT2D eigenvalue weighted by atomic mass is 9.85. The van der Waals surface area contributed by atoms with Gasteiger partial charge in [0.15, 0.2) is 4.34 Å². The van der Waals surface area contributed by atoms with Gasteiger partial charge in [0.25, 0.3) is 5.69 Å². The molecule has 9 heteroatoms. The predicted octanol–water partition coefficient (Wildman–Crippen LogP) is 3.48. The van der Waals surface area contributed by atoms with Crippen LogP contribution in [0.3, 0.4) is 0 Å². The van der Waals surface area contributed by atoms with Gasteiger partial charge in [-0.2, -0.15) is 0 Å². The van der Waals surface area contributed by atoms with Gasteiger partial charge in [0.1, 0.15) is 0 Å². The minimum absolute atomic E-state index is 0.0163. The Bertz CT molecular complexity index is 730. The number of hydrogen-bond donors (Lipinski definition) is 1. The number of aromatic nitrogens is 2. The van der Waals surface area contributed by atoms with Gasteiger partial charge in [0.2, 0.25) is 11.0 Å². The SMILES string of the molecule is O=C(Nc1nnc(SCc2cccc([N+](=O)[O-])c2)s1)C1CCC1. The second-order valence-electron chi connectivity index (χ2n) is 5.21. The molecular weight excluding hydrogens is 336 g/mol. The second kappa shape index (κ2) is 7.05. The van der Waals surface area contributed by atoms with Crippen molar-refractivity contribution in [2.75, 3.05) is 5.32 Å². The number of nitrogens with one attached hydrogen (secondary N) is 1. The zero-order chi connectivity index (χ0) is 16.2. The molecule has 1 heterocycles. The number of carbonyl (C=O) groups excluding carboxylic acids is 1. The number of carbonyl (C=O) groups is 1. The van der Waals surface area contributed by atoms with E-state index in [9.17, 15) is 14.9 Å². The maximum Gasteiger partial charge on any atom is 0.269 e. The summed E-state index contributed by atoms with van der Waals surface area (Å²) in [6, 6.07) is 6.51. The largest absolute Gasteiger partial charge is 0.300 e. The second-order valence-corrected chi connectivity index (χ2v) is 7.41. The van der Waals surface area contributed by atoms with Crippen molar-refractivity contribution in [1.29, 1.82) is 0 Å². The lowest BCUT2D eigenvalue weighted by Gasteiger charge is -2.23. The minimum atomic E-state index is -0.410. The highest BCUT2D eigenvalue weighted by Crippen LogP contribution is 2.31. The molecule has 1 aromatic carbocycles. The molecule has 0 aliphatic heterocycles. The first kappa shape index (κ1) is 15.9. The van der Waals surface area contributed by atoms with Crippen molar-refractivity contribution in [1.82, 2.24) is 10.2 Å². The number of nitro groups is 1. The number of benzene rings is 1. The number of hydrogen-bond acceptors (Lipinski definition) is 7. The molecule has 2 aromatic rings. The first-order valence-electron chi connectivity index (χ1n) is 7.12. The minimum Gasteiger partial charge on any atom is -0.300 e. The summed E-state index contributed by atoms with van der Waals surface area (Å²) in [4.78, 5) is 22.2. The fraction of sp³-hybridized carbons (Fsp3) is 0.357. The molecule has 1 aromatic heterocycles. The van der Waals surface area contributed by atoms with Crippen LogP contribution in [0.5, 0.6) is 0 Å². The average molecular weight is 350 g/mol. The van der Waals surface area contributed by atoms with Gasteiger partial charge < -0.3 is 5.32 Å². The summed E-state index contributed by atoms with van der Waals surface area (Å²) in [6.45, 7) is 0. The van der Waals surface area contributed by atoms with E-state index in [0.717, 1.165) is 29.2 Å². The molecule has 1 fully saturated rings. The molecule has 0 unspecified atom stereocenters. The third-order valence-electron chi connectivity index (χ3n) is 3.60. The van der Waals surface area contributed by atoms with Crippen molar-refractivity contribution in [2.45, 2.75) is 29.4 Å². The van der Waals surface area contributed by atoms with Crippen LogP contribution in [0.25, 0.3) is 0 Å². The van der Waals surface area contributed by atoms with Crippen molar-refractivity contribution in [3.63, 3.8) is 0 Å². The van der Waals surface area contributed by atoms with Crippen LogP contribution in [-0.4, -0.2) is 21.0 Å². The van der Waals surface area contributed by atoms with Crippen LogP contribution in [0, 0.1) is 16.0 Å². The average Bonchev–Trinajstić information content (AvgIpc) is 2.91. The molecule has 0 saturated heterocycles. The molecule has 1 aliphatic carbocycles. The molecule has 3 rings (SSSR count). The molecule has 23 heavy (non-hydrogen) atoms. The Kier molecular flexibility index (Phi) is 4.87. The highest BCUT2D eigenvalue weighted by atomic mass is 32.2. The summed E-state index contributed by atoms with van der Waals surface area (Å²) in [5.41, 5.74) is 0.924. The van der Waals surface area contributed by atoms with Gasteiger partial charge >= 0.3 is 0 Å². The van der Waals surface area contributed by atoms with Crippen molar-refractivity contribution >= 4 is 39.8 Å². The van der Waals surface area contributed by atoms with Crippen LogP contribution in [0.1, 0.15) is 24.8 Å². The molecule has 1 saturated carbocycles. The Hall–Kier alpha value is -2.00. The first-order valence-corrected chi connectivity index (χ1v) is 8.92. The number of non-ortho nitro benzene ring substituents is 1. The molecule has 1 N–H and O–H groups in total. The summed E-state index contributed by atoms with van der Waals surface area (Å²) in [6.07, 6.45) is 3.00. The van der Waals surface area contributed by atoms with Crippen molar-refractivity contribution in [2.24, 2.45) is 5.92 Å². The number of nitrogens with zero attached hydrogens (tertiary/aromatic N) is 3. The third-order valence-corrected chi connectivity index (χ3v) is 5.64. The van der Waals surface area contributed by atoms with Crippen molar-refractivity contribution in [3.05, 3.63) is 39.9 Å². The monoisotopic (exact) mass is 350 g/mol. The van der Waals surface area contributed by atoms with Gasteiger partial charge in [0, 0.05) is 23.8 Å². The van der Waals surface area contributed by atoms with E-state index in [1.54, 1.807) is 12.1 Å². The topological polar surface area (TPSA) is 98.0 Å². The van der Waals surface area contributed by atoms with E-state index in [2.05, 4.69) is 15.5 Å². The molecule has 0 bridgehead atoms. The van der Waals surface area contributed by atoms with E-state index < -0.39 is 4.92 Å². The highest BCUT2D eigenvalue weighted by Gasteiger charge is 2.25. The highest BCUT2D eigenvalue weighted by molar-refractivity contribution is 8.00. The Balaban J connectivity index is 1.55. The lowest BCUT2D eigenvalue weighted by Crippen LogP contribution is -2.27. The van der Waals surface area contributed by atoms with E-state index in [0.29, 0.717) is 10.9 Å². The zero-order valence-electron chi connectivity index (χ0n) is 12.1. The Morgan fingerprint density at radius 3 is 2.96 bits per heavy atom. The number of rotatable bonds is 6. The zero-order valence-corrected chi connectivity index (χ0v) is 13.7. The smallest absolute Gasteiger partial charge is 0.269 e. The standard InChI is InChI=1S/C14H14N4O3S2/c19-12(10-4-2-5-10)15-13-16-17-14(23-13)22-8-9-3-1-6-11(7-9)18(20)21/h1,3,6-7,10H,2,4-5,8H2,(H,15,16,19). The Morgan fingerprint density at radius 1 is 1.43 bits per heavy atom. The van der Waals surface area contributed by atoms with E-state index >= 15 is 0 Å². The first-order chi connectivity index (χ1) is 11.1. The van der Waals surface area contributed by atoms with E-state index in [1.165, 1.54) is 29.2 Å². The summed E-state index contributed by atoms with van der Waals surface area (Å²) < 4.78 is 0.723. The van der Waals surface area contributed by atoms with Crippen LogP contribution < -0.4 is 5.32 Å². The van der Waals surface area contributed by atoms with Crippen LogP contribution in [0.4, 0.5) is 10.8 Å². The fourth-order valence-electron chi connectivity index (χ4n) is 2.10. The molecule has 120 valence electrons. The van der Waals surface area contributed by atoms with Crippen molar-refractivity contribution in [3.8, 4) is 0 Å². The lowest BCUT2D eigenvalue weighted by molar-refractivity contribution is -0.384. The van der Waals surface area contributed by atoms with Gasteiger partial charge in [-0.1, -0.05) is 41.7 Å². The van der Waals surface area contributed by atoms with Crippen molar-refractivity contribution < 1.29 is 9.72 Å². The molecule has 1 aliphatic rings. The molecule has 1 amide bonds. The van der Waals surface area contributed by atoms with E-state index in [1.807, 2.05) is 6.07 Å². The maximum atomic E-state index is 11.8. The summed E-state index contributed by atoms with van der Waals surface area (Å²) >= 11 is 2.76. The van der Waals surface area contributed by atoms with Crippen LogP contribution in [0.2, 0.25) is 0 Å². The van der Waals surface area contributed by atoms with Gasteiger partial charge in [-0.3, -0.25) is 14.9 Å². The predicted molar refractivity (Wildman–Crippen MR) is 88.5 cm³/mol. The summed E-state index contributed by atoms with van der Waals surface area (Å²) in [5.74, 6) is 0.690. The Morgan fingerprint density at radius 2 is 2.26 bits per heavy atom. The van der Waals surface area contributed by atoms with Gasteiger partial charge in [-0.15, -0.1) is 10.2 Å².